The van der Waals surface area contributed by atoms with Gasteiger partial charge in [0.05, 0.1) is 0 Å². The van der Waals surface area contributed by atoms with Gasteiger partial charge in [-0.25, -0.2) is 0 Å². The molecule has 0 saturated carbocycles. The van der Waals surface area contributed by atoms with E-state index < -0.39 is 0 Å². The molecule has 0 aliphatic heterocycles. The molecular formula is C13H30N2O. The third-order valence-corrected chi connectivity index (χ3v) is 2.84. The van der Waals surface area contributed by atoms with E-state index in [9.17, 15) is 0 Å². The zero-order valence-corrected chi connectivity index (χ0v) is 11.6. The number of hydrogen-bond donors (Lipinski definition) is 1. The summed E-state index contributed by atoms with van der Waals surface area (Å²) >= 11 is 0. The monoisotopic (exact) mass is 230 g/mol. The fourth-order valence-electron chi connectivity index (χ4n) is 1.76. The second-order valence-corrected chi connectivity index (χ2v) is 4.25. The van der Waals surface area contributed by atoms with Crippen LogP contribution in [0, 0.1) is 0 Å². The average Bonchev–Trinajstić information content (AvgIpc) is 2.30. The third kappa shape index (κ3) is 9.13. The van der Waals surface area contributed by atoms with E-state index in [0.29, 0.717) is 6.04 Å². The molecule has 0 amide bonds. The van der Waals surface area contributed by atoms with Crippen LogP contribution in [-0.2, 0) is 4.74 Å². The highest BCUT2D eigenvalue weighted by Gasteiger charge is 2.05. The van der Waals surface area contributed by atoms with E-state index in [1.165, 1.54) is 12.8 Å². The van der Waals surface area contributed by atoms with Gasteiger partial charge in [0, 0.05) is 25.8 Å². The number of hydrogen-bond acceptors (Lipinski definition) is 3. The lowest BCUT2D eigenvalue weighted by atomic mass is 10.2. The SMILES string of the molecule is CCOCCCCNC(C)CN(CC)CC. The number of ether oxygens (including phenoxy) is 1. The summed E-state index contributed by atoms with van der Waals surface area (Å²) in [7, 11) is 0. The van der Waals surface area contributed by atoms with E-state index >= 15 is 0 Å². The second kappa shape index (κ2) is 11.4. The van der Waals surface area contributed by atoms with Gasteiger partial charge >= 0.3 is 0 Å². The smallest absolute Gasteiger partial charge is 0.0466 e. The zero-order chi connectivity index (χ0) is 12.2. The van der Waals surface area contributed by atoms with Crippen LogP contribution in [0.25, 0.3) is 0 Å². The van der Waals surface area contributed by atoms with Crippen molar-refractivity contribution in [1.29, 1.82) is 0 Å². The van der Waals surface area contributed by atoms with E-state index in [-0.39, 0.29) is 0 Å². The van der Waals surface area contributed by atoms with E-state index in [4.69, 9.17) is 4.74 Å². The molecule has 0 radical (unpaired) electrons. The largest absolute Gasteiger partial charge is 0.382 e. The van der Waals surface area contributed by atoms with Crippen molar-refractivity contribution in [3.8, 4) is 0 Å². The van der Waals surface area contributed by atoms with Gasteiger partial charge in [0.15, 0.2) is 0 Å². The minimum atomic E-state index is 0.590. The summed E-state index contributed by atoms with van der Waals surface area (Å²) in [6.07, 6.45) is 2.38. The van der Waals surface area contributed by atoms with Gasteiger partial charge in [-0.1, -0.05) is 13.8 Å². The Morgan fingerprint density at radius 3 is 2.38 bits per heavy atom. The lowest BCUT2D eigenvalue weighted by Gasteiger charge is -2.23. The number of likely N-dealkylation sites (N-methyl/N-ethyl adjacent to an activating group) is 1. The highest BCUT2D eigenvalue weighted by molar-refractivity contribution is 4.65. The Hall–Kier alpha value is -0.120. The van der Waals surface area contributed by atoms with Crippen LogP contribution < -0.4 is 5.32 Å². The summed E-state index contributed by atoms with van der Waals surface area (Å²) in [5, 5.41) is 3.56. The highest BCUT2D eigenvalue weighted by Crippen LogP contribution is 1.93. The summed E-state index contributed by atoms with van der Waals surface area (Å²) in [4.78, 5) is 2.46. The van der Waals surface area contributed by atoms with Crippen LogP contribution in [0.4, 0.5) is 0 Å². The van der Waals surface area contributed by atoms with Crippen LogP contribution in [0.15, 0.2) is 0 Å². The molecule has 1 atom stereocenters. The predicted octanol–water partition coefficient (Wildman–Crippen LogP) is 2.12. The van der Waals surface area contributed by atoms with Crippen molar-refractivity contribution >= 4 is 0 Å². The average molecular weight is 230 g/mol. The Morgan fingerprint density at radius 1 is 1.12 bits per heavy atom. The summed E-state index contributed by atoms with van der Waals surface area (Å²) in [5.74, 6) is 0. The molecular weight excluding hydrogens is 200 g/mol. The molecule has 0 fully saturated rings. The van der Waals surface area contributed by atoms with Crippen molar-refractivity contribution in [2.24, 2.45) is 0 Å². The molecule has 0 aromatic carbocycles. The van der Waals surface area contributed by atoms with Crippen LogP contribution in [0.2, 0.25) is 0 Å². The van der Waals surface area contributed by atoms with Gasteiger partial charge in [0.2, 0.25) is 0 Å². The maximum Gasteiger partial charge on any atom is 0.0466 e. The number of unbranched alkanes of at least 4 members (excludes halogenated alkanes) is 1. The molecule has 98 valence electrons. The fraction of sp³-hybridized carbons (Fsp3) is 1.00. The van der Waals surface area contributed by atoms with Crippen molar-refractivity contribution in [2.45, 2.75) is 46.6 Å². The normalized spacial score (nSPS) is 13.3. The maximum atomic E-state index is 5.30. The fourth-order valence-corrected chi connectivity index (χ4v) is 1.76. The summed E-state index contributed by atoms with van der Waals surface area (Å²) in [6.45, 7) is 15.0. The minimum absolute atomic E-state index is 0.590. The molecule has 3 heteroatoms. The van der Waals surface area contributed by atoms with Crippen LogP contribution in [-0.4, -0.2) is 50.3 Å². The van der Waals surface area contributed by atoms with E-state index in [0.717, 1.165) is 39.4 Å². The first-order valence-electron chi connectivity index (χ1n) is 6.78. The Kier molecular flexibility index (Phi) is 11.3. The quantitative estimate of drug-likeness (QED) is 0.550. The molecule has 1 unspecified atom stereocenters. The Balaban J connectivity index is 3.32. The van der Waals surface area contributed by atoms with Gasteiger partial charge in [0.1, 0.15) is 0 Å². The van der Waals surface area contributed by atoms with Gasteiger partial charge < -0.3 is 15.0 Å². The standard InChI is InChI=1S/C13H30N2O/c1-5-15(6-2)12-13(4)14-10-8-9-11-16-7-3/h13-14H,5-12H2,1-4H3. The van der Waals surface area contributed by atoms with Gasteiger partial charge in [-0.05, 0) is 46.3 Å². The van der Waals surface area contributed by atoms with Gasteiger partial charge in [0.25, 0.3) is 0 Å². The van der Waals surface area contributed by atoms with E-state index in [1.54, 1.807) is 0 Å². The van der Waals surface area contributed by atoms with Gasteiger partial charge in [-0.3, -0.25) is 0 Å². The first-order chi connectivity index (χ1) is 7.74. The number of rotatable bonds is 11. The molecule has 0 spiro atoms. The molecule has 0 heterocycles. The second-order valence-electron chi connectivity index (χ2n) is 4.25. The van der Waals surface area contributed by atoms with Crippen molar-refractivity contribution in [3.05, 3.63) is 0 Å². The topological polar surface area (TPSA) is 24.5 Å². The summed E-state index contributed by atoms with van der Waals surface area (Å²) in [6, 6.07) is 0.590. The number of nitrogens with zero attached hydrogens (tertiary/aromatic N) is 1. The minimum Gasteiger partial charge on any atom is -0.382 e. The molecule has 0 aromatic rings. The molecule has 0 saturated heterocycles. The maximum absolute atomic E-state index is 5.30. The molecule has 1 N–H and O–H groups in total. The lowest BCUT2D eigenvalue weighted by Crippen LogP contribution is -2.39. The summed E-state index contributed by atoms with van der Waals surface area (Å²) < 4.78 is 5.30. The summed E-state index contributed by atoms with van der Waals surface area (Å²) in [5.41, 5.74) is 0. The molecule has 3 nitrogen and oxygen atoms in total. The third-order valence-electron chi connectivity index (χ3n) is 2.84. The van der Waals surface area contributed by atoms with Gasteiger partial charge in [-0.2, -0.15) is 0 Å². The molecule has 0 bridgehead atoms. The van der Waals surface area contributed by atoms with Crippen molar-refractivity contribution < 1.29 is 4.74 Å². The van der Waals surface area contributed by atoms with Crippen LogP contribution in [0.1, 0.15) is 40.5 Å². The molecule has 0 aromatic heterocycles. The lowest BCUT2D eigenvalue weighted by molar-refractivity contribution is 0.143. The van der Waals surface area contributed by atoms with Crippen molar-refractivity contribution in [3.63, 3.8) is 0 Å². The van der Waals surface area contributed by atoms with Crippen molar-refractivity contribution in [1.82, 2.24) is 10.2 Å². The van der Waals surface area contributed by atoms with Crippen LogP contribution >= 0.6 is 0 Å². The Bertz CT molecular complexity index is 138. The molecule has 16 heavy (non-hydrogen) atoms. The Morgan fingerprint density at radius 2 is 1.81 bits per heavy atom. The van der Waals surface area contributed by atoms with Crippen LogP contribution in [0.3, 0.4) is 0 Å². The molecule has 0 aliphatic rings. The molecule has 0 rings (SSSR count). The van der Waals surface area contributed by atoms with Gasteiger partial charge in [-0.15, -0.1) is 0 Å². The zero-order valence-electron chi connectivity index (χ0n) is 11.6. The van der Waals surface area contributed by atoms with Crippen LogP contribution in [0.5, 0.6) is 0 Å². The van der Waals surface area contributed by atoms with E-state index in [1.807, 2.05) is 6.92 Å². The number of nitrogens with one attached hydrogen (secondary N) is 1. The highest BCUT2D eigenvalue weighted by atomic mass is 16.5. The Labute approximate surface area is 102 Å². The van der Waals surface area contributed by atoms with Crippen molar-refractivity contribution in [2.75, 3.05) is 39.4 Å². The van der Waals surface area contributed by atoms with E-state index in [2.05, 4.69) is 31.0 Å². The first-order valence-corrected chi connectivity index (χ1v) is 6.78. The molecule has 0 aliphatic carbocycles. The first kappa shape index (κ1) is 15.9. The predicted molar refractivity (Wildman–Crippen MR) is 71.0 cm³/mol.